The Bertz CT molecular complexity index is 687. The van der Waals surface area contributed by atoms with E-state index in [4.69, 9.17) is 11.6 Å². The highest BCUT2D eigenvalue weighted by Crippen LogP contribution is 2.40. The summed E-state index contributed by atoms with van der Waals surface area (Å²) >= 11 is 7.36. The Morgan fingerprint density at radius 3 is 2.70 bits per heavy atom. The van der Waals surface area contributed by atoms with E-state index in [1.165, 1.54) is 18.0 Å². The maximum absolute atomic E-state index is 14.0. The lowest BCUT2D eigenvalue weighted by molar-refractivity contribution is 0.603. The lowest BCUT2D eigenvalue weighted by Crippen LogP contribution is -2.13. The molecule has 1 atom stereocenters. The van der Waals surface area contributed by atoms with E-state index in [9.17, 15) is 4.39 Å². The molecule has 0 aromatic heterocycles. The van der Waals surface area contributed by atoms with Crippen molar-refractivity contribution in [1.29, 1.82) is 0 Å². The summed E-state index contributed by atoms with van der Waals surface area (Å²) in [5, 5.41) is 0.343. The molecule has 0 saturated carbocycles. The Morgan fingerprint density at radius 2 is 1.90 bits per heavy atom. The molecule has 1 N–H and O–H groups in total. The van der Waals surface area contributed by atoms with E-state index in [-0.39, 0.29) is 11.7 Å². The Balaban J connectivity index is 2.10. The van der Waals surface area contributed by atoms with E-state index < -0.39 is 0 Å². The standard InChI is InChI=1S/C15H12ClFN2S/c1-9(10-5-2-3-7-12(10)17)11-6-4-8-13-14(11)18-15(16)19-20-13/h2-9H,1H3,(H,18,19). The Morgan fingerprint density at radius 1 is 1.15 bits per heavy atom. The zero-order valence-electron chi connectivity index (χ0n) is 10.7. The van der Waals surface area contributed by atoms with Crippen molar-refractivity contribution < 1.29 is 4.39 Å². The van der Waals surface area contributed by atoms with Gasteiger partial charge in [-0.1, -0.05) is 37.3 Å². The lowest BCUT2D eigenvalue weighted by Gasteiger charge is -2.20. The number of nitrogens with one attached hydrogen (secondary N) is 1. The first-order valence-corrected chi connectivity index (χ1v) is 7.40. The smallest absolute Gasteiger partial charge is 0.206 e. The molecule has 0 amide bonds. The highest BCUT2D eigenvalue weighted by atomic mass is 35.5. The molecule has 20 heavy (non-hydrogen) atoms. The van der Waals surface area contributed by atoms with Gasteiger partial charge in [0.05, 0.1) is 10.6 Å². The molecule has 1 aliphatic rings. The van der Waals surface area contributed by atoms with Crippen LogP contribution in [0.3, 0.4) is 0 Å². The van der Waals surface area contributed by atoms with Crippen molar-refractivity contribution in [3.8, 4) is 0 Å². The highest BCUT2D eigenvalue weighted by Gasteiger charge is 2.20. The van der Waals surface area contributed by atoms with E-state index in [2.05, 4.69) is 9.71 Å². The third-order valence-electron chi connectivity index (χ3n) is 3.32. The molecule has 1 heterocycles. The molecular formula is C15H12ClFN2S. The van der Waals surface area contributed by atoms with Crippen LogP contribution in [0.4, 0.5) is 10.1 Å². The number of para-hydroxylation sites is 1. The summed E-state index contributed by atoms with van der Waals surface area (Å²) in [6.07, 6.45) is 0. The van der Waals surface area contributed by atoms with Crippen LogP contribution >= 0.6 is 23.5 Å². The van der Waals surface area contributed by atoms with E-state index in [0.717, 1.165) is 16.1 Å². The average Bonchev–Trinajstić information content (AvgIpc) is 2.46. The second kappa shape index (κ2) is 5.46. The molecular weight excluding hydrogens is 295 g/mol. The summed E-state index contributed by atoms with van der Waals surface area (Å²) in [7, 11) is 0. The molecule has 0 saturated heterocycles. The predicted molar refractivity (Wildman–Crippen MR) is 82.3 cm³/mol. The Kier molecular flexibility index (Phi) is 3.68. The fourth-order valence-electron chi connectivity index (χ4n) is 2.30. The van der Waals surface area contributed by atoms with Gasteiger partial charge in [0.15, 0.2) is 0 Å². The molecule has 2 aromatic rings. The number of fused-ring (bicyclic) bond motifs is 1. The molecule has 5 heteroatoms. The van der Waals surface area contributed by atoms with Crippen molar-refractivity contribution in [3.63, 3.8) is 0 Å². The van der Waals surface area contributed by atoms with Gasteiger partial charge in [-0.2, -0.15) is 0 Å². The van der Waals surface area contributed by atoms with Crippen LogP contribution in [-0.2, 0) is 0 Å². The van der Waals surface area contributed by atoms with Crippen LogP contribution in [0.1, 0.15) is 24.0 Å². The molecule has 0 bridgehead atoms. The van der Waals surface area contributed by atoms with Gasteiger partial charge < -0.3 is 4.72 Å². The van der Waals surface area contributed by atoms with Crippen molar-refractivity contribution in [2.45, 2.75) is 17.7 Å². The molecule has 102 valence electrons. The van der Waals surface area contributed by atoms with Gasteiger partial charge in [-0.3, -0.25) is 0 Å². The first-order chi connectivity index (χ1) is 9.66. The van der Waals surface area contributed by atoms with Gasteiger partial charge in [-0.25, -0.2) is 9.38 Å². The second-order valence-corrected chi connectivity index (χ2v) is 5.75. The monoisotopic (exact) mass is 306 g/mol. The summed E-state index contributed by atoms with van der Waals surface area (Å²) in [5.74, 6) is -0.285. The SMILES string of the molecule is CC(c1ccccc1F)c1cccc2c1N=C(Cl)NS2. The number of nitrogens with zero attached hydrogens (tertiary/aromatic N) is 1. The van der Waals surface area contributed by atoms with Gasteiger partial charge in [0.25, 0.3) is 0 Å². The Labute approximate surface area is 126 Å². The minimum atomic E-state index is -0.200. The van der Waals surface area contributed by atoms with Crippen molar-refractivity contribution in [3.05, 3.63) is 59.4 Å². The van der Waals surface area contributed by atoms with E-state index in [1.807, 2.05) is 31.2 Å². The third kappa shape index (κ3) is 2.41. The zero-order valence-corrected chi connectivity index (χ0v) is 12.3. The van der Waals surface area contributed by atoms with Gasteiger partial charge in [0.2, 0.25) is 5.29 Å². The number of rotatable bonds is 2. The van der Waals surface area contributed by atoms with Crippen LogP contribution in [0.5, 0.6) is 0 Å². The van der Waals surface area contributed by atoms with Gasteiger partial charge >= 0.3 is 0 Å². The molecule has 0 spiro atoms. The first-order valence-electron chi connectivity index (χ1n) is 6.21. The molecule has 0 fully saturated rings. The summed E-state index contributed by atoms with van der Waals surface area (Å²) in [6, 6.07) is 12.7. The summed E-state index contributed by atoms with van der Waals surface area (Å²) in [4.78, 5) is 5.35. The number of aliphatic imine (C=N–C) groups is 1. The predicted octanol–water partition coefficient (Wildman–Crippen LogP) is 4.81. The van der Waals surface area contributed by atoms with E-state index in [0.29, 0.717) is 10.9 Å². The fourth-order valence-corrected chi connectivity index (χ4v) is 3.15. The van der Waals surface area contributed by atoms with Crippen LogP contribution in [0.25, 0.3) is 0 Å². The van der Waals surface area contributed by atoms with Crippen molar-refractivity contribution >= 4 is 34.5 Å². The molecule has 1 aliphatic heterocycles. The fraction of sp³-hybridized carbons (Fsp3) is 0.133. The van der Waals surface area contributed by atoms with Gasteiger partial charge in [-0.05, 0) is 46.8 Å². The normalized spacial score (nSPS) is 15.1. The van der Waals surface area contributed by atoms with Gasteiger partial charge in [0.1, 0.15) is 5.82 Å². The van der Waals surface area contributed by atoms with Crippen molar-refractivity contribution in [2.75, 3.05) is 0 Å². The minimum absolute atomic E-state index is 0.0851. The number of benzene rings is 2. The number of amidine groups is 1. The lowest BCUT2D eigenvalue weighted by atomic mass is 9.91. The number of hydrogen-bond acceptors (Lipinski definition) is 3. The summed E-state index contributed by atoms with van der Waals surface area (Å²) < 4.78 is 16.9. The van der Waals surface area contributed by atoms with E-state index >= 15 is 0 Å². The summed E-state index contributed by atoms with van der Waals surface area (Å²) in [6.45, 7) is 1.98. The van der Waals surface area contributed by atoms with Crippen LogP contribution in [-0.4, -0.2) is 5.29 Å². The van der Waals surface area contributed by atoms with Gasteiger partial charge in [0, 0.05) is 5.92 Å². The number of halogens is 2. The molecule has 1 unspecified atom stereocenters. The van der Waals surface area contributed by atoms with Crippen molar-refractivity contribution in [2.24, 2.45) is 4.99 Å². The zero-order chi connectivity index (χ0) is 14.1. The quantitative estimate of drug-likeness (QED) is 0.636. The maximum atomic E-state index is 14.0. The second-order valence-electron chi connectivity index (χ2n) is 4.54. The van der Waals surface area contributed by atoms with Crippen LogP contribution in [0.15, 0.2) is 52.4 Å². The molecule has 2 nitrogen and oxygen atoms in total. The maximum Gasteiger partial charge on any atom is 0.206 e. The van der Waals surface area contributed by atoms with Crippen LogP contribution in [0, 0.1) is 5.82 Å². The molecule has 3 rings (SSSR count). The van der Waals surface area contributed by atoms with Crippen LogP contribution in [0.2, 0.25) is 0 Å². The number of hydrogen-bond donors (Lipinski definition) is 1. The molecule has 0 radical (unpaired) electrons. The summed E-state index contributed by atoms with van der Waals surface area (Å²) in [5.41, 5.74) is 2.45. The van der Waals surface area contributed by atoms with Gasteiger partial charge in [-0.15, -0.1) is 0 Å². The minimum Gasteiger partial charge on any atom is -0.300 e. The first kappa shape index (κ1) is 13.5. The van der Waals surface area contributed by atoms with Crippen molar-refractivity contribution in [1.82, 2.24) is 4.72 Å². The van der Waals surface area contributed by atoms with Crippen LogP contribution < -0.4 is 4.72 Å². The average molecular weight is 307 g/mol. The highest BCUT2D eigenvalue weighted by molar-refractivity contribution is 7.98. The Hall–Kier alpha value is -1.52. The topological polar surface area (TPSA) is 24.4 Å². The molecule has 0 aliphatic carbocycles. The molecule has 2 aromatic carbocycles. The van der Waals surface area contributed by atoms with E-state index in [1.54, 1.807) is 12.1 Å². The third-order valence-corrected chi connectivity index (χ3v) is 4.46. The largest absolute Gasteiger partial charge is 0.300 e.